The van der Waals surface area contributed by atoms with Crippen molar-refractivity contribution in [3.63, 3.8) is 0 Å². The summed E-state index contributed by atoms with van der Waals surface area (Å²) < 4.78 is 5.14. The van der Waals surface area contributed by atoms with Crippen LogP contribution in [0.3, 0.4) is 0 Å². The van der Waals surface area contributed by atoms with Gasteiger partial charge in [-0.25, -0.2) is 0 Å². The van der Waals surface area contributed by atoms with E-state index in [1.54, 1.807) is 0 Å². The molecule has 3 heteroatoms. The molecule has 0 saturated heterocycles. The number of rotatable bonds is 1. The zero-order valence-corrected chi connectivity index (χ0v) is 8.13. The second-order valence-electron chi connectivity index (χ2n) is 3.99. The standard InChI is InChI=1S/C10H13NO2/c1-5(2)9-8-7(13-11-9)4-6(3)10(8)12/h5-6H,4H2,1-3H3. The van der Waals surface area contributed by atoms with Gasteiger partial charge in [0, 0.05) is 12.3 Å². The number of carbonyl (C=O) groups excluding carboxylic acids is 1. The van der Waals surface area contributed by atoms with Crippen LogP contribution in [0.4, 0.5) is 0 Å². The topological polar surface area (TPSA) is 43.1 Å². The highest BCUT2D eigenvalue weighted by atomic mass is 16.5. The Hall–Kier alpha value is -1.12. The molecule has 1 unspecified atom stereocenters. The Morgan fingerprint density at radius 2 is 2.23 bits per heavy atom. The van der Waals surface area contributed by atoms with E-state index < -0.39 is 0 Å². The largest absolute Gasteiger partial charge is 0.360 e. The molecule has 0 aromatic carbocycles. The second kappa shape index (κ2) is 2.69. The number of aromatic nitrogens is 1. The van der Waals surface area contributed by atoms with Crippen molar-refractivity contribution in [1.29, 1.82) is 0 Å². The van der Waals surface area contributed by atoms with Gasteiger partial charge in [0.05, 0.1) is 11.3 Å². The van der Waals surface area contributed by atoms with Gasteiger partial charge in [-0.2, -0.15) is 0 Å². The summed E-state index contributed by atoms with van der Waals surface area (Å²) >= 11 is 0. The van der Waals surface area contributed by atoms with Crippen LogP contribution in [0.2, 0.25) is 0 Å². The maximum Gasteiger partial charge on any atom is 0.171 e. The van der Waals surface area contributed by atoms with Gasteiger partial charge >= 0.3 is 0 Å². The fraction of sp³-hybridized carbons (Fsp3) is 0.600. The van der Waals surface area contributed by atoms with Crippen molar-refractivity contribution in [2.45, 2.75) is 33.1 Å². The van der Waals surface area contributed by atoms with Gasteiger partial charge in [-0.15, -0.1) is 0 Å². The molecule has 1 aromatic rings. The lowest BCUT2D eigenvalue weighted by molar-refractivity contribution is 0.0943. The number of carbonyl (C=O) groups is 1. The van der Waals surface area contributed by atoms with E-state index in [-0.39, 0.29) is 17.6 Å². The van der Waals surface area contributed by atoms with Crippen molar-refractivity contribution < 1.29 is 9.32 Å². The molecule has 1 heterocycles. The lowest BCUT2D eigenvalue weighted by Gasteiger charge is -2.01. The minimum Gasteiger partial charge on any atom is -0.360 e. The molecular weight excluding hydrogens is 166 g/mol. The molecule has 1 aliphatic rings. The average molecular weight is 179 g/mol. The van der Waals surface area contributed by atoms with Gasteiger partial charge in [-0.05, 0) is 5.92 Å². The zero-order chi connectivity index (χ0) is 9.59. The highest BCUT2D eigenvalue weighted by Gasteiger charge is 2.34. The van der Waals surface area contributed by atoms with Gasteiger partial charge in [0.15, 0.2) is 5.78 Å². The maximum absolute atomic E-state index is 11.7. The summed E-state index contributed by atoms with van der Waals surface area (Å²) in [6.07, 6.45) is 0.716. The number of fused-ring (bicyclic) bond motifs is 1. The molecular formula is C10H13NO2. The summed E-state index contributed by atoms with van der Waals surface area (Å²) in [7, 11) is 0. The SMILES string of the molecule is CC1Cc2onc(C(C)C)c2C1=O. The molecule has 0 amide bonds. The molecule has 0 N–H and O–H groups in total. The fourth-order valence-corrected chi connectivity index (χ4v) is 1.75. The van der Waals surface area contributed by atoms with Crippen LogP contribution in [0.25, 0.3) is 0 Å². The van der Waals surface area contributed by atoms with E-state index in [2.05, 4.69) is 5.16 Å². The van der Waals surface area contributed by atoms with Gasteiger partial charge in [-0.3, -0.25) is 4.79 Å². The van der Waals surface area contributed by atoms with Gasteiger partial charge < -0.3 is 4.52 Å². The van der Waals surface area contributed by atoms with Crippen LogP contribution in [0.5, 0.6) is 0 Å². The van der Waals surface area contributed by atoms with Crippen LogP contribution in [-0.4, -0.2) is 10.9 Å². The van der Waals surface area contributed by atoms with Crippen LogP contribution >= 0.6 is 0 Å². The molecule has 13 heavy (non-hydrogen) atoms. The molecule has 0 saturated carbocycles. The van der Waals surface area contributed by atoms with Crippen molar-refractivity contribution in [3.8, 4) is 0 Å². The minimum absolute atomic E-state index is 0.0780. The Balaban J connectivity index is 2.50. The predicted octanol–water partition coefficient (Wildman–Crippen LogP) is 2.17. The lowest BCUT2D eigenvalue weighted by Crippen LogP contribution is -2.07. The molecule has 1 aromatic heterocycles. The first kappa shape index (κ1) is 8.48. The molecule has 3 nitrogen and oxygen atoms in total. The summed E-state index contributed by atoms with van der Waals surface area (Å²) in [6, 6.07) is 0. The molecule has 1 aliphatic carbocycles. The molecule has 2 rings (SSSR count). The van der Waals surface area contributed by atoms with Gasteiger partial charge in [0.25, 0.3) is 0 Å². The summed E-state index contributed by atoms with van der Waals surface area (Å²) in [6.45, 7) is 5.98. The Morgan fingerprint density at radius 3 is 2.85 bits per heavy atom. The summed E-state index contributed by atoms with van der Waals surface area (Å²) in [5, 5.41) is 3.93. The first-order valence-corrected chi connectivity index (χ1v) is 4.64. The molecule has 0 radical (unpaired) electrons. The fourth-order valence-electron chi connectivity index (χ4n) is 1.75. The molecule has 0 aliphatic heterocycles. The van der Waals surface area contributed by atoms with Gasteiger partial charge in [0.2, 0.25) is 0 Å². The van der Waals surface area contributed by atoms with Crippen LogP contribution in [0, 0.1) is 5.92 Å². The summed E-state index contributed by atoms with van der Waals surface area (Å²) in [4.78, 5) is 11.7. The normalized spacial score (nSPS) is 21.2. The van der Waals surface area contributed by atoms with Crippen molar-refractivity contribution in [1.82, 2.24) is 5.16 Å². The third-order valence-electron chi connectivity index (χ3n) is 2.52. The summed E-state index contributed by atoms with van der Waals surface area (Å²) in [5.74, 6) is 1.32. The van der Waals surface area contributed by atoms with E-state index in [0.29, 0.717) is 6.42 Å². The smallest absolute Gasteiger partial charge is 0.171 e. The average Bonchev–Trinajstić information content (AvgIpc) is 2.55. The van der Waals surface area contributed by atoms with Crippen LogP contribution in [0.15, 0.2) is 4.52 Å². The molecule has 1 atom stereocenters. The zero-order valence-electron chi connectivity index (χ0n) is 8.13. The maximum atomic E-state index is 11.7. The molecule has 0 bridgehead atoms. The van der Waals surface area contributed by atoms with Crippen LogP contribution in [-0.2, 0) is 6.42 Å². The first-order valence-electron chi connectivity index (χ1n) is 4.64. The van der Waals surface area contributed by atoms with E-state index in [1.807, 2.05) is 20.8 Å². The highest BCUT2D eigenvalue weighted by molar-refractivity contribution is 6.02. The van der Waals surface area contributed by atoms with E-state index in [1.165, 1.54) is 0 Å². The summed E-state index contributed by atoms with van der Waals surface area (Å²) in [5.41, 5.74) is 1.58. The molecule has 0 fully saturated rings. The Labute approximate surface area is 77.1 Å². The number of Topliss-reactive ketones (excluding diaryl/α,β-unsaturated/α-hetero) is 1. The Kier molecular flexibility index (Phi) is 1.75. The third kappa shape index (κ3) is 1.10. The minimum atomic E-state index is 0.0780. The molecule has 70 valence electrons. The number of nitrogens with zero attached hydrogens (tertiary/aromatic N) is 1. The van der Waals surface area contributed by atoms with Gasteiger partial charge in [0.1, 0.15) is 5.76 Å². The van der Waals surface area contributed by atoms with Crippen molar-refractivity contribution in [2.75, 3.05) is 0 Å². The van der Waals surface area contributed by atoms with E-state index in [0.717, 1.165) is 17.0 Å². The van der Waals surface area contributed by atoms with Crippen LogP contribution in [0.1, 0.15) is 48.5 Å². The van der Waals surface area contributed by atoms with E-state index in [4.69, 9.17) is 4.52 Å². The van der Waals surface area contributed by atoms with Crippen molar-refractivity contribution >= 4 is 5.78 Å². The van der Waals surface area contributed by atoms with Crippen molar-refractivity contribution in [2.24, 2.45) is 5.92 Å². The Morgan fingerprint density at radius 1 is 1.54 bits per heavy atom. The van der Waals surface area contributed by atoms with E-state index in [9.17, 15) is 4.79 Å². The Bertz CT molecular complexity index is 352. The first-order chi connectivity index (χ1) is 6.11. The molecule has 0 spiro atoms. The quantitative estimate of drug-likeness (QED) is 0.663. The lowest BCUT2D eigenvalue weighted by atomic mass is 10.0. The van der Waals surface area contributed by atoms with Crippen molar-refractivity contribution in [3.05, 3.63) is 17.0 Å². The monoisotopic (exact) mass is 179 g/mol. The van der Waals surface area contributed by atoms with Crippen LogP contribution < -0.4 is 0 Å². The number of ketones is 1. The van der Waals surface area contributed by atoms with Gasteiger partial charge in [-0.1, -0.05) is 25.9 Å². The van der Waals surface area contributed by atoms with E-state index >= 15 is 0 Å². The number of hydrogen-bond donors (Lipinski definition) is 0. The third-order valence-corrected chi connectivity index (χ3v) is 2.52. The number of hydrogen-bond acceptors (Lipinski definition) is 3. The second-order valence-corrected chi connectivity index (χ2v) is 3.99. The predicted molar refractivity (Wildman–Crippen MR) is 47.8 cm³/mol. The highest BCUT2D eigenvalue weighted by Crippen LogP contribution is 2.32.